The molecule has 1 aromatic heterocycles. The van der Waals surface area contributed by atoms with Crippen molar-refractivity contribution in [3.8, 4) is 17.2 Å². The summed E-state index contributed by atoms with van der Waals surface area (Å²) in [4.78, 5) is 13.3. The second-order valence-electron chi connectivity index (χ2n) is 8.17. The Hall–Kier alpha value is -3.91. The third kappa shape index (κ3) is 5.12. The van der Waals surface area contributed by atoms with Gasteiger partial charge in [-0.15, -0.1) is 10.2 Å². The maximum absolute atomic E-state index is 13.3. The van der Waals surface area contributed by atoms with E-state index >= 15 is 0 Å². The fraction of sp³-hybridized carbons (Fsp3) is 0.185. The molecule has 35 heavy (non-hydrogen) atoms. The fourth-order valence-corrected chi connectivity index (χ4v) is 4.52. The van der Waals surface area contributed by atoms with Crippen LogP contribution in [-0.2, 0) is 4.79 Å². The number of rotatable bonds is 7. The molecule has 4 aromatic rings. The quantitative estimate of drug-likeness (QED) is 0.321. The van der Waals surface area contributed by atoms with E-state index in [9.17, 15) is 4.79 Å². The van der Waals surface area contributed by atoms with Gasteiger partial charge in [0.2, 0.25) is 5.89 Å². The molecule has 1 aliphatic rings. The van der Waals surface area contributed by atoms with Gasteiger partial charge in [-0.25, -0.2) is 5.01 Å². The van der Waals surface area contributed by atoms with E-state index in [0.29, 0.717) is 17.5 Å². The summed E-state index contributed by atoms with van der Waals surface area (Å²) in [5, 5.41) is 14.9. The highest BCUT2D eigenvalue weighted by Crippen LogP contribution is 2.34. The molecule has 0 bridgehead atoms. The van der Waals surface area contributed by atoms with Gasteiger partial charge in [0, 0.05) is 12.0 Å². The van der Waals surface area contributed by atoms with Crippen molar-refractivity contribution in [1.82, 2.24) is 15.2 Å². The summed E-state index contributed by atoms with van der Waals surface area (Å²) in [6.45, 7) is 2.02. The summed E-state index contributed by atoms with van der Waals surface area (Å²) in [5.41, 5.74) is 4.88. The Balaban J connectivity index is 1.33. The summed E-state index contributed by atoms with van der Waals surface area (Å²) in [7, 11) is 1.63. The van der Waals surface area contributed by atoms with Crippen LogP contribution in [0.3, 0.4) is 0 Å². The van der Waals surface area contributed by atoms with E-state index in [1.54, 1.807) is 12.1 Å². The molecule has 2 heterocycles. The Morgan fingerprint density at radius 2 is 1.74 bits per heavy atom. The van der Waals surface area contributed by atoms with Crippen molar-refractivity contribution < 1.29 is 13.9 Å². The minimum Gasteiger partial charge on any atom is -0.497 e. The molecule has 3 aromatic carbocycles. The molecule has 0 radical (unpaired) electrons. The minimum atomic E-state index is -0.199. The first-order valence-electron chi connectivity index (χ1n) is 11.2. The average Bonchev–Trinajstić information content (AvgIpc) is 3.56. The first-order chi connectivity index (χ1) is 17.1. The summed E-state index contributed by atoms with van der Waals surface area (Å²) in [5.74, 6) is 1.21. The van der Waals surface area contributed by atoms with E-state index in [-0.39, 0.29) is 17.7 Å². The lowest BCUT2D eigenvalue weighted by Gasteiger charge is -2.22. The summed E-state index contributed by atoms with van der Waals surface area (Å²) in [6.07, 6.45) is 0.630. The third-order valence-corrected chi connectivity index (χ3v) is 6.60. The highest BCUT2D eigenvalue weighted by atomic mass is 32.2. The Labute approximate surface area is 207 Å². The molecule has 0 saturated heterocycles. The molecule has 0 unspecified atom stereocenters. The predicted molar refractivity (Wildman–Crippen MR) is 135 cm³/mol. The number of hydrogen-bond donors (Lipinski definition) is 0. The first-order valence-corrected chi connectivity index (χ1v) is 12.2. The van der Waals surface area contributed by atoms with Gasteiger partial charge >= 0.3 is 0 Å². The van der Waals surface area contributed by atoms with Crippen LogP contribution < -0.4 is 4.74 Å². The summed E-state index contributed by atoms with van der Waals surface area (Å²) < 4.78 is 11.1. The predicted octanol–water partition coefficient (Wildman–Crippen LogP) is 5.52. The van der Waals surface area contributed by atoms with E-state index < -0.39 is 0 Å². The average molecular weight is 485 g/mol. The molecule has 176 valence electrons. The summed E-state index contributed by atoms with van der Waals surface area (Å²) in [6, 6.07) is 25.4. The zero-order valence-electron chi connectivity index (χ0n) is 19.4. The highest BCUT2D eigenvalue weighted by Gasteiger charge is 2.33. The zero-order valence-corrected chi connectivity index (χ0v) is 20.2. The van der Waals surface area contributed by atoms with Crippen molar-refractivity contribution in [3.05, 3.63) is 95.6 Å². The van der Waals surface area contributed by atoms with Gasteiger partial charge in [0.05, 0.1) is 24.6 Å². The molecule has 7 nitrogen and oxygen atoms in total. The normalized spacial score (nSPS) is 15.2. The van der Waals surface area contributed by atoms with Crippen LogP contribution in [0.4, 0.5) is 0 Å². The molecule has 1 amide bonds. The lowest BCUT2D eigenvalue weighted by Crippen LogP contribution is -2.28. The molecule has 5 rings (SSSR count). The molecule has 0 aliphatic carbocycles. The van der Waals surface area contributed by atoms with Crippen LogP contribution in [-0.4, -0.2) is 39.7 Å². The molecular formula is C27H24N4O3S. The van der Waals surface area contributed by atoms with Crippen LogP contribution in [0.15, 0.2) is 93.6 Å². The van der Waals surface area contributed by atoms with Crippen molar-refractivity contribution >= 4 is 23.4 Å². The van der Waals surface area contributed by atoms with Gasteiger partial charge in [0.25, 0.3) is 11.1 Å². The minimum absolute atomic E-state index is 0.128. The van der Waals surface area contributed by atoms with Crippen molar-refractivity contribution in [3.63, 3.8) is 0 Å². The molecule has 1 aliphatic heterocycles. The van der Waals surface area contributed by atoms with Crippen LogP contribution in [0.25, 0.3) is 11.5 Å². The van der Waals surface area contributed by atoms with Crippen LogP contribution in [0.1, 0.15) is 29.2 Å². The van der Waals surface area contributed by atoms with E-state index in [4.69, 9.17) is 14.3 Å². The van der Waals surface area contributed by atoms with Crippen LogP contribution >= 0.6 is 11.8 Å². The van der Waals surface area contributed by atoms with Crippen molar-refractivity contribution in [2.45, 2.75) is 24.6 Å². The number of methoxy groups -OCH3 is 1. The maximum atomic E-state index is 13.3. The largest absolute Gasteiger partial charge is 0.497 e. The second kappa shape index (κ2) is 10.1. The number of thioether (sulfide) groups is 1. The lowest BCUT2D eigenvalue weighted by molar-refractivity contribution is -0.130. The molecule has 0 spiro atoms. The van der Waals surface area contributed by atoms with Crippen molar-refractivity contribution in [2.75, 3.05) is 12.9 Å². The van der Waals surface area contributed by atoms with Crippen LogP contribution in [0.2, 0.25) is 0 Å². The van der Waals surface area contributed by atoms with Crippen molar-refractivity contribution in [1.29, 1.82) is 0 Å². The number of carbonyl (C=O) groups excluding carboxylic acids is 1. The van der Waals surface area contributed by atoms with Gasteiger partial charge in [0.15, 0.2) is 0 Å². The second-order valence-corrected chi connectivity index (χ2v) is 9.10. The van der Waals surface area contributed by atoms with Gasteiger partial charge in [-0.3, -0.25) is 4.79 Å². The van der Waals surface area contributed by atoms with Gasteiger partial charge in [-0.05, 0) is 42.3 Å². The van der Waals surface area contributed by atoms with E-state index in [2.05, 4.69) is 10.2 Å². The maximum Gasteiger partial charge on any atom is 0.277 e. The number of aromatic nitrogens is 2. The molecule has 1 atom stereocenters. The number of hydrogen-bond acceptors (Lipinski definition) is 7. The Bertz CT molecular complexity index is 1340. The third-order valence-electron chi connectivity index (χ3n) is 5.80. The highest BCUT2D eigenvalue weighted by molar-refractivity contribution is 7.99. The Morgan fingerprint density at radius 1 is 1.00 bits per heavy atom. The van der Waals surface area contributed by atoms with E-state index in [1.807, 2.05) is 85.8 Å². The molecule has 8 heteroatoms. The number of nitrogens with zero attached hydrogens (tertiary/aromatic N) is 4. The topological polar surface area (TPSA) is 80.8 Å². The number of carbonyl (C=O) groups is 1. The zero-order chi connectivity index (χ0) is 24.2. The number of ether oxygens (including phenoxy) is 1. The monoisotopic (exact) mass is 484 g/mol. The van der Waals surface area contributed by atoms with E-state index in [0.717, 1.165) is 33.7 Å². The lowest BCUT2D eigenvalue weighted by atomic mass is 9.98. The van der Waals surface area contributed by atoms with Gasteiger partial charge in [0.1, 0.15) is 5.75 Å². The number of aryl methyl sites for hydroxylation is 1. The van der Waals surface area contributed by atoms with Crippen molar-refractivity contribution in [2.24, 2.45) is 5.10 Å². The molecule has 0 saturated carbocycles. The van der Waals surface area contributed by atoms with Crippen LogP contribution in [0.5, 0.6) is 5.75 Å². The Kier molecular flexibility index (Phi) is 6.63. The SMILES string of the molecule is COc1ccc([C@H]2CC(c3ccccc3)=NN2C(=O)CSc2nnc(-c3ccc(C)cc3)o2)cc1. The molecular weight excluding hydrogens is 460 g/mol. The van der Waals surface area contributed by atoms with Gasteiger partial charge in [-0.1, -0.05) is 71.9 Å². The Morgan fingerprint density at radius 3 is 2.46 bits per heavy atom. The molecule has 0 fully saturated rings. The number of benzene rings is 3. The van der Waals surface area contributed by atoms with Gasteiger partial charge in [-0.2, -0.15) is 5.10 Å². The number of amides is 1. The van der Waals surface area contributed by atoms with Crippen LogP contribution in [0, 0.1) is 6.92 Å². The first kappa shape index (κ1) is 22.9. The number of hydrazone groups is 1. The smallest absolute Gasteiger partial charge is 0.277 e. The molecule has 0 N–H and O–H groups in total. The van der Waals surface area contributed by atoms with Gasteiger partial charge < -0.3 is 9.15 Å². The van der Waals surface area contributed by atoms with E-state index in [1.165, 1.54) is 11.8 Å². The standard InChI is InChI=1S/C27H24N4O3S/c1-18-8-10-21(11-9-18)26-28-29-27(34-26)35-17-25(32)31-24(20-12-14-22(33-2)15-13-20)16-23(30-31)19-6-4-3-5-7-19/h3-15,24H,16-17H2,1-2H3/t24-/m1/s1. The fourth-order valence-electron chi connectivity index (χ4n) is 3.90. The summed E-state index contributed by atoms with van der Waals surface area (Å²) >= 11 is 1.21.